The van der Waals surface area contributed by atoms with Crippen molar-refractivity contribution in [3.63, 3.8) is 0 Å². The van der Waals surface area contributed by atoms with Crippen molar-refractivity contribution < 1.29 is 18.6 Å². The number of phenols is 1. The quantitative estimate of drug-likeness (QED) is 0.721. The third kappa shape index (κ3) is 4.57. The molecule has 0 amide bonds. The molecule has 2 aliphatic rings. The predicted octanol–water partition coefficient (Wildman–Crippen LogP) is 5.49. The van der Waals surface area contributed by atoms with Gasteiger partial charge in [0, 0.05) is 30.6 Å². The number of hydrogen-bond donors (Lipinski definition) is 1. The summed E-state index contributed by atoms with van der Waals surface area (Å²) in [6.07, 6.45) is 2.06. The van der Waals surface area contributed by atoms with Crippen LogP contribution in [0.25, 0.3) is 0 Å². The zero-order valence-corrected chi connectivity index (χ0v) is 17.5. The molecule has 0 bridgehead atoms. The maximum absolute atomic E-state index is 14.2. The summed E-state index contributed by atoms with van der Waals surface area (Å²) in [4.78, 5) is 2.16. The predicted molar refractivity (Wildman–Crippen MR) is 108 cm³/mol. The SMILES string of the molecule is CC(C)(C)Oc1cc(CCC(C)(C)N2CC3=C(C2)C(F)CC=C3F)ccc1O. The van der Waals surface area contributed by atoms with Crippen molar-refractivity contribution in [2.45, 2.75) is 71.2 Å². The van der Waals surface area contributed by atoms with Crippen molar-refractivity contribution in [3.05, 3.63) is 46.8 Å². The number of alkyl halides is 1. The van der Waals surface area contributed by atoms with Crippen LogP contribution in [0.5, 0.6) is 11.5 Å². The molecule has 5 heteroatoms. The first-order valence-electron chi connectivity index (χ1n) is 9.94. The third-order valence-corrected chi connectivity index (χ3v) is 5.59. The molecule has 0 radical (unpaired) electrons. The highest BCUT2D eigenvalue weighted by molar-refractivity contribution is 5.43. The molecule has 1 aromatic carbocycles. The monoisotopic (exact) mass is 391 g/mol. The van der Waals surface area contributed by atoms with Crippen LogP contribution in [0, 0.1) is 0 Å². The van der Waals surface area contributed by atoms with Crippen LogP contribution in [-0.4, -0.2) is 40.4 Å². The highest BCUT2D eigenvalue weighted by Crippen LogP contribution is 2.38. The number of hydrogen-bond acceptors (Lipinski definition) is 3. The van der Waals surface area contributed by atoms with Gasteiger partial charge in [-0.1, -0.05) is 6.07 Å². The largest absolute Gasteiger partial charge is 0.504 e. The third-order valence-electron chi connectivity index (χ3n) is 5.59. The molecule has 1 aromatic rings. The Morgan fingerprint density at radius 2 is 1.89 bits per heavy atom. The number of nitrogens with zero attached hydrogens (tertiary/aromatic N) is 1. The zero-order valence-electron chi connectivity index (χ0n) is 17.5. The summed E-state index contributed by atoms with van der Waals surface area (Å²) >= 11 is 0. The average Bonchev–Trinajstić information content (AvgIpc) is 3.05. The maximum Gasteiger partial charge on any atom is 0.161 e. The Morgan fingerprint density at radius 1 is 1.18 bits per heavy atom. The fourth-order valence-corrected chi connectivity index (χ4v) is 3.80. The minimum Gasteiger partial charge on any atom is -0.504 e. The van der Waals surface area contributed by atoms with Crippen LogP contribution in [0.2, 0.25) is 0 Å². The Kier molecular flexibility index (Phi) is 5.59. The van der Waals surface area contributed by atoms with E-state index in [2.05, 4.69) is 18.7 Å². The van der Waals surface area contributed by atoms with Gasteiger partial charge in [0.25, 0.3) is 0 Å². The fourth-order valence-electron chi connectivity index (χ4n) is 3.80. The van der Waals surface area contributed by atoms with Crippen molar-refractivity contribution in [1.82, 2.24) is 4.90 Å². The Balaban J connectivity index is 1.66. The van der Waals surface area contributed by atoms with E-state index in [0.717, 1.165) is 18.4 Å². The Morgan fingerprint density at radius 3 is 2.54 bits per heavy atom. The Hall–Kier alpha value is -1.88. The lowest BCUT2D eigenvalue weighted by Crippen LogP contribution is -2.43. The fraction of sp³-hybridized carbons (Fsp3) is 0.565. The lowest BCUT2D eigenvalue weighted by molar-refractivity contribution is 0.125. The van der Waals surface area contributed by atoms with E-state index in [0.29, 0.717) is 30.0 Å². The van der Waals surface area contributed by atoms with Gasteiger partial charge in [0.2, 0.25) is 0 Å². The Bertz CT molecular complexity index is 805. The summed E-state index contributed by atoms with van der Waals surface area (Å²) < 4.78 is 34.2. The van der Waals surface area contributed by atoms with Gasteiger partial charge in [-0.05, 0) is 76.8 Å². The number of aromatic hydroxyl groups is 1. The second-order valence-corrected chi connectivity index (χ2v) is 9.44. The highest BCUT2D eigenvalue weighted by atomic mass is 19.1. The zero-order chi connectivity index (χ0) is 20.7. The molecule has 1 unspecified atom stereocenters. The van der Waals surface area contributed by atoms with E-state index in [1.807, 2.05) is 32.9 Å². The van der Waals surface area contributed by atoms with E-state index >= 15 is 0 Å². The van der Waals surface area contributed by atoms with Crippen molar-refractivity contribution in [2.24, 2.45) is 0 Å². The number of ether oxygens (including phenoxy) is 1. The van der Waals surface area contributed by atoms with Gasteiger partial charge in [0.15, 0.2) is 11.5 Å². The van der Waals surface area contributed by atoms with Gasteiger partial charge in [-0.2, -0.15) is 0 Å². The van der Waals surface area contributed by atoms with Gasteiger partial charge in [0.05, 0.1) is 0 Å². The first kappa shape index (κ1) is 20.8. The number of allylic oxidation sites excluding steroid dienone is 1. The number of aryl methyl sites for hydroxylation is 1. The van der Waals surface area contributed by atoms with Crippen molar-refractivity contribution in [1.29, 1.82) is 0 Å². The molecule has 1 aliphatic carbocycles. The number of rotatable bonds is 5. The maximum atomic E-state index is 14.2. The van der Waals surface area contributed by atoms with E-state index < -0.39 is 11.8 Å². The molecular weight excluding hydrogens is 360 g/mol. The highest BCUT2D eigenvalue weighted by Gasteiger charge is 2.38. The lowest BCUT2D eigenvalue weighted by Gasteiger charge is -2.36. The molecule has 3 rings (SSSR count). The van der Waals surface area contributed by atoms with E-state index in [1.165, 1.54) is 6.08 Å². The molecule has 0 spiro atoms. The summed E-state index contributed by atoms with van der Waals surface area (Å²) in [5, 5.41) is 10.1. The van der Waals surface area contributed by atoms with Crippen LogP contribution in [0.4, 0.5) is 8.78 Å². The molecule has 0 saturated heterocycles. The molecule has 28 heavy (non-hydrogen) atoms. The van der Waals surface area contributed by atoms with Crippen LogP contribution in [-0.2, 0) is 6.42 Å². The average molecular weight is 392 g/mol. The normalized spacial score (nSPS) is 21.0. The molecule has 154 valence electrons. The summed E-state index contributed by atoms with van der Waals surface area (Å²) in [6.45, 7) is 11.0. The summed E-state index contributed by atoms with van der Waals surface area (Å²) in [5.41, 5.74) is 1.61. The molecular formula is C23H31F2NO2. The molecule has 0 aromatic heterocycles. The molecule has 3 nitrogen and oxygen atoms in total. The number of phenolic OH excluding ortho intramolecular Hbond substituents is 1. The van der Waals surface area contributed by atoms with Crippen LogP contribution in [0.1, 0.15) is 53.0 Å². The van der Waals surface area contributed by atoms with Crippen LogP contribution >= 0.6 is 0 Å². The van der Waals surface area contributed by atoms with Gasteiger partial charge in [-0.25, -0.2) is 8.78 Å². The van der Waals surface area contributed by atoms with Crippen molar-refractivity contribution in [3.8, 4) is 11.5 Å². The van der Waals surface area contributed by atoms with Crippen LogP contribution in [0.3, 0.4) is 0 Å². The molecule has 1 aliphatic heterocycles. The van der Waals surface area contributed by atoms with E-state index in [-0.39, 0.29) is 23.5 Å². The minimum atomic E-state index is -1.07. The van der Waals surface area contributed by atoms with Crippen LogP contribution < -0.4 is 4.74 Å². The standard InChI is InChI=1S/C23H31F2NO2/c1-22(2,3)28-21-12-15(6-9-20(21)27)10-11-23(4,5)26-13-16-17(14-26)19(25)8-7-18(16)24/h6-7,9,12,19,27H,8,10-11,13-14H2,1-5H3. The van der Waals surface area contributed by atoms with E-state index in [4.69, 9.17) is 4.74 Å². The molecule has 0 saturated carbocycles. The van der Waals surface area contributed by atoms with Crippen molar-refractivity contribution in [2.75, 3.05) is 13.1 Å². The van der Waals surface area contributed by atoms with Gasteiger partial charge in [-0.15, -0.1) is 0 Å². The first-order chi connectivity index (χ1) is 13.0. The number of benzene rings is 1. The topological polar surface area (TPSA) is 32.7 Å². The summed E-state index contributed by atoms with van der Waals surface area (Å²) in [5.74, 6) is 0.351. The van der Waals surface area contributed by atoms with Gasteiger partial charge < -0.3 is 9.84 Å². The summed E-state index contributed by atoms with van der Waals surface area (Å²) in [7, 11) is 0. The number of halogens is 2. The summed E-state index contributed by atoms with van der Waals surface area (Å²) in [6, 6.07) is 5.44. The van der Waals surface area contributed by atoms with Crippen LogP contribution in [0.15, 0.2) is 41.2 Å². The van der Waals surface area contributed by atoms with Crippen molar-refractivity contribution >= 4 is 0 Å². The second-order valence-electron chi connectivity index (χ2n) is 9.44. The van der Waals surface area contributed by atoms with Gasteiger partial charge >= 0.3 is 0 Å². The molecule has 1 heterocycles. The van der Waals surface area contributed by atoms with Gasteiger partial charge in [0.1, 0.15) is 17.6 Å². The van der Waals surface area contributed by atoms with E-state index in [1.54, 1.807) is 6.07 Å². The molecule has 0 fully saturated rings. The molecule has 1 N–H and O–H groups in total. The molecule has 1 atom stereocenters. The lowest BCUT2D eigenvalue weighted by atomic mass is 9.93. The minimum absolute atomic E-state index is 0.130. The van der Waals surface area contributed by atoms with E-state index in [9.17, 15) is 13.9 Å². The Labute approximate surface area is 166 Å². The van der Waals surface area contributed by atoms with Gasteiger partial charge in [-0.3, -0.25) is 4.90 Å². The first-order valence-corrected chi connectivity index (χ1v) is 9.94. The smallest absolute Gasteiger partial charge is 0.161 e. The second kappa shape index (κ2) is 7.51.